The zero-order chi connectivity index (χ0) is 17.8. The summed E-state index contributed by atoms with van der Waals surface area (Å²) in [5.74, 6) is 5.91. The van der Waals surface area contributed by atoms with Gasteiger partial charge >= 0.3 is 0 Å². The number of unbranched alkanes of at least 4 members (excludes halogenated alkanes) is 5. The molecule has 0 heterocycles. The Labute approximate surface area is 146 Å². The summed E-state index contributed by atoms with van der Waals surface area (Å²) in [5, 5.41) is 8.91. The molecule has 5 heteroatoms. The second-order valence-corrected chi connectivity index (χ2v) is 7.70. The summed E-state index contributed by atoms with van der Waals surface area (Å²) in [7, 11) is -3.68. The molecule has 0 aliphatic carbocycles. The first-order chi connectivity index (χ1) is 11.5. The lowest BCUT2D eigenvalue weighted by molar-refractivity contribution is 0.480. The average molecular weight is 346 g/mol. The first kappa shape index (κ1) is 20.2. The van der Waals surface area contributed by atoms with Crippen LogP contribution in [0.5, 0.6) is 0 Å². The van der Waals surface area contributed by atoms with Gasteiger partial charge in [0.15, 0.2) is 0 Å². The van der Waals surface area contributed by atoms with Gasteiger partial charge in [-0.3, -0.25) is 0 Å². The van der Waals surface area contributed by atoms with Gasteiger partial charge in [-0.2, -0.15) is 9.57 Å². The van der Waals surface area contributed by atoms with Crippen LogP contribution in [0, 0.1) is 30.1 Å². The summed E-state index contributed by atoms with van der Waals surface area (Å²) in [4.78, 5) is 0.199. The zero-order valence-electron chi connectivity index (χ0n) is 14.6. The second kappa shape index (κ2) is 10.9. The summed E-state index contributed by atoms with van der Waals surface area (Å²) >= 11 is 0. The smallest absolute Gasteiger partial charge is 0.207 e. The van der Waals surface area contributed by atoms with Crippen LogP contribution in [0.2, 0.25) is 0 Å². The number of hydrogen-bond donors (Lipinski definition) is 0. The molecule has 0 amide bonds. The Morgan fingerprint density at radius 1 is 1.00 bits per heavy atom. The van der Waals surface area contributed by atoms with Crippen LogP contribution in [-0.4, -0.2) is 25.8 Å². The molecule has 0 aliphatic heterocycles. The van der Waals surface area contributed by atoms with E-state index in [1.54, 1.807) is 24.3 Å². The quantitative estimate of drug-likeness (QED) is 0.387. The van der Waals surface area contributed by atoms with Crippen LogP contribution in [0.25, 0.3) is 0 Å². The van der Waals surface area contributed by atoms with Crippen LogP contribution in [0.4, 0.5) is 0 Å². The van der Waals surface area contributed by atoms with Gasteiger partial charge in [-0.05, 0) is 25.5 Å². The lowest BCUT2D eigenvalue weighted by atomic mass is 10.1. The maximum absolute atomic E-state index is 12.6. The highest BCUT2D eigenvalue weighted by molar-refractivity contribution is 7.89. The first-order valence-corrected chi connectivity index (χ1v) is 9.86. The molecule has 0 spiro atoms. The summed E-state index contributed by atoms with van der Waals surface area (Å²) in [6, 6.07) is 8.54. The van der Waals surface area contributed by atoms with Crippen molar-refractivity contribution in [1.29, 1.82) is 5.26 Å². The molecule has 0 fully saturated rings. The van der Waals surface area contributed by atoms with Crippen LogP contribution >= 0.6 is 0 Å². The highest BCUT2D eigenvalue weighted by atomic mass is 32.2. The molecule has 24 heavy (non-hydrogen) atoms. The average Bonchev–Trinajstić information content (AvgIpc) is 2.56. The van der Waals surface area contributed by atoms with E-state index < -0.39 is 10.0 Å². The van der Waals surface area contributed by atoms with E-state index in [0.29, 0.717) is 0 Å². The number of nitrogens with zero attached hydrogens (tertiary/aromatic N) is 2. The zero-order valence-corrected chi connectivity index (χ0v) is 15.4. The van der Waals surface area contributed by atoms with Gasteiger partial charge in [0, 0.05) is 6.42 Å². The van der Waals surface area contributed by atoms with Gasteiger partial charge in [-0.1, -0.05) is 56.2 Å². The summed E-state index contributed by atoms with van der Waals surface area (Å²) in [5.41, 5.74) is 0.989. The molecule has 0 saturated carbocycles. The third kappa shape index (κ3) is 6.74. The van der Waals surface area contributed by atoms with E-state index in [1.165, 1.54) is 19.3 Å². The molecule has 0 N–H and O–H groups in total. The van der Waals surface area contributed by atoms with Crippen molar-refractivity contribution in [2.24, 2.45) is 0 Å². The van der Waals surface area contributed by atoms with E-state index in [-0.39, 0.29) is 18.0 Å². The van der Waals surface area contributed by atoms with Crippen LogP contribution in [0.1, 0.15) is 51.0 Å². The Morgan fingerprint density at radius 3 is 2.29 bits per heavy atom. The fourth-order valence-electron chi connectivity index (χ4n) is 2.21. The maximum Gasteiger partial charge on any atom is 0.244 e. The van der Waals surface area contributed by atoms with E-state index >= 15 is 0 Å². The van der Waals surface area contributed by atoms with Crippen molar-refractivity contribution in [2.75, 3.05) is 13.1 Å². The van der Waals surface area contributed by atoms with Gasteiger partial charge in [0.25, 0.3) is 0 Å². The minimum absolute atomic E-state index is 0.0543. The Bertz CT molecular complexity index is 692. The van der Waals surface area contributed by atoms with Crippen LogP contribution in [-0.2, 0) is 10.0 Å². The molecule has 1 aromatic carbocycles. The van der Waals surface area contributed by atoms with E-state index in [4.69, 9.17) is 5.26 Å². The molecule has 4 nitrogen and oxygen atoms in total. The topological polar surface area (TPSA) is 61.2 Å². The number of benzene rings is 1. The van der Waals surface area contributed by atoms with E-state index in [2.05, 4.69) is 18.8 Å². The first-order valence-electron chi connectivity index (χ1n) is 8.42. The van der Waals surface area contributed by atoms with Crippen molar-refractivity contribution in [3.05, 3.63) is 29.8 Å². The fraction of sp³-hybridized carbons (Fsp3) is 0.526. The van der Waals surface area contributed by atoms with Gasteiger partial charge in [-0.25, -0.2) is 8.42 Å². The highest BCUT2D eigenvalue weighted by Gasteiger charge is 2.23. The number of aryl methyl sites for hydroxylation is 1. The lowest BCUT2D eigenvalue weighted by Gasteiger charge is -2.16. The molecule has 1 rings (SSSR count). The minimum Gasteiger partial charge on any atom is -0.207 e. The Kier molecular flexibility index (Phi) is 9.15. The Balaban J connectivity index is 2.64. The molecule has 0 aliphatic rings. The van der Waals surface area contributed by atoms with Gasteiger partial charge in [0.05, 0.1) is 17.5 Å². The Morgan fingerprint density at radius 2 is 1.67 bits per heavy atom. The molecule has 1 aromatic rings. The maximum atomic E-state index is 12.6. The molecule has 0 radical (unpaired) electrons. The Hall–Kier alpha value is -1.82. The van der Waals surface area contributed by atoms with E-state index in [0.717, 1.165) is 29.1 Å². The fourth-order valence-corrected chi connectivity index (χ4v) is 3.45. The normalized spacial score (nSPS) is 10.9. The number of sulfonamides is 1. The SMILES string of the molecule is CCCCCCCC#CCN(CC#N)S(=O)(=O)c1ccc(C)cc1. The van der Waals surface area contributed by atoms with Gasteiger partial charge in [-0.15, -0.1) is 5.92 Å². The standard InChI is InChI=1S/C19H26N2O2S/c1-3-4-5-6-7-8-9-10-16-21(17-15-20)24(22,23)19-13-11-18(2)12-14-19/h11-14H,3-8,16-17H2,1-2H3. The summed E-state index contributed by atoms with van der Waals surface area (Å²) in [6.45, 7) is 3.94. The third-order valence-corrected chi connectivity index (χ3v) is 5.50. The van der Waals surface area contributed by atoms with Crippen molar-refractivity contribution >= 4 is 10.0 Å². The molecular weight excluding hydrogens is 320 g/mol. The van der Waals surface area contributed by atoms with E-state index in [9.17, 15) is 8.42 Å². The van der Waals surface area contributed by atoms with E-state index in [1.807, 2.05) is 13.0 Å². The molecule has 0 saturated heterocycles. The molecule has 130 valence electrons. The third-order valence-electron chi connectivity index (χ3n) is 3.69. The van der Waals surface area contributed by atoms with Crippen LogP contribution in [0.15, 0.2) is 29.2 Å². The largest absolute Gasteiger partial charge is 0.244 e. The highest BCUT2D eigenvalue weighted by Crippen LogP contribution is 2.15. The monoisotopic (exact) mass is 346 g/mol. The summed E-state index contributed by atoms with van der Waals surface area (Å²) < 4.78 is 26.3. The van der Waals surface area contributed by atoms with Gasteiger partial charge in [0.1, 0.15) is 6.54 Å². The summed E-state index contributed by atoms with van der Waals surface area (Å²) in [6.07, 6.45) is 6.65. The minimum atomic E-state index is -3.68. The number of hydrogen-bond acceptors (Lipinski definition) is 3. The molecule has 0 atom stereocenters. The van der Waals surface area contributed by atoms with Crippen molar-refractivity contribution in [3.8, 4) is 17.9 Å². The van der Waals surface area contributed by atoms with Crippen molar-refractivity contribution in [2.45, 2.75) is 57.3 Å². The van der Waals surface area contributed by atoms with Crippen molar-refractivity contribution in [3.63, 3.8) is 0 Å². The van der Waals surface area contributed by atoms with Gasteiger partial charge in [0.2, 0.25) is 10.0 Å². The molecule has 0 aromatic heterocycles. The molecule has 0 unspecified atom stereocenters. The number of rotatable bonds is 9. The second-order valence-electron chi connectivity index (χ2n) is 5.76. The van der Waals surface area contributed by atoms with Crippen molar-refractivity contribution in [1.82, 2.24) is 4.31 Å². The molecular formula is C19H26N2O2S. The molecule has 0 bridgehead atoms. The van der Waals surface area contributed by atoms with Crippen LogP contribution < -0.4 is 0 Å². The van der Waals surface area contributed by atoms with Gasteiger partial charge < -0.3 is 0 Å². The predicted molar refractivity (Wildman–Crippen MR) is 96.7 cm³/mol. The number of nitriles is 1. The predicted octanol–water partition coefficient (Wildman–Crippen LogP) is 3.87. The van der Waals surface area contributed by atoms with Crippen LogP contribution in [0.3, 0.4) is 0 Å². The van der Waals surface area contributed by atoms with Crippen molar-refractivity contribution < 1.29 is 8.42 Å². The lowest BCUT2D eigenvalue weighted by Crippen LogP contribution is -2.31.